The summed E-state index contributed by atoms with van der Waals surface area (Å²) in [6, 6.07) is 3.88. The molecule has 6 nitrogen and oxygen atoms in total. The highest BCUT2D eigenvalue weighted by Crippen LogP contribution is 2.28. The van der Waals surface area contributed by atoms with E-state index in [9.17, 15) is 0 Å². The molecule has 1 aliphatic rings. The fraction of sp³-hybridized carbons (Fsp3) is 0.500. The van der Waals surface area contributed by atoms with Crippen molar-refractivity contribution in [3.8, 4) is 0 Å². The minimum absolute atomic E-state index is 0.613. The van der Waals surface area contributed by atoms with Crippen molar-refractivity contribution in [2.45, 2.75) is 6.42 Å². The Morgan fingerprint density at radius 2 is 1.94 bits per heavy atom. The van der Waals surface area contributed by atoms with Gasteiger partial charge < -0.3 is 15.5 Å². The summed E-state index contributed by atoms with van der Waals surface area (Å²) < 4.78 is 4.81. The van der Waals surface area contributed by atoms with Gasteiger partial charge >= 0.3 is 0 Å². The van der Waals surface area contributed by atoms with Crippen molar-refractivity contribution in [1.29, 1.82) is 0 Å². The van der Waals surface area contributed by atoms with Gasteiger partial charge in [-0.1, -0.05) is 0 Å². The van der Waals surface area contributed by atoms with Crippen LogP contribution in [0.5, 0.6) is 0 Å². The zero-order valence-electron chi connectivity index (χ0n) is 10.5. The summed E-state index contributed by atoms with van der Waals surface area (Å²) in [5.74, 6) is 0. The number of hydrogen-bond acceptors (Lipinski definition) is 6. The number of nitrogen functional groups attached to an aromatic ring is 1. The van der Waals surface area contributed by atoms with Gasteiger partial charge in [-0.05, 0) is 42.5 Å². The fourth-order valence-electron chi connectivity index (χ4n) is 2.42. The van der Waals surface area contributed by atoms with E-state index in [-0.39, 0.29) is 0 Å². The van der Waals surface area contributed by atoms with Crippen molar-refractivity contribution >= 4 is 22.4 Å². The molecule has 2 aromatic rings. The van der Waals surface area contributed by atoms with Crippen molar-refractivity contribution < 1.29 is 4.63 Å². The molecular weight excluding hydrogens is 230 g/mol. The highest BCUT2D eigenvalue weighted by atomic mass is 16.6. The van der Waals surface area contributed by atoms with Gasteiger partial charge in [0.25, 0.3) is 0 Å². The molecule has 3 rings (SSSR count). The minimum Gasteiger partial charge on any atom is -0.397 e. The maximum absolute atomic E-state index is 5.86. The lowest BCUT2D eigenvalue weighted by atomic mass is 10.2. The Morgan fingerprint density at radius 1 is 1.11 bits per heavy atom. The molecule has 0 saturated carbocycles. The standard InChI is InChI=1S/C12H17N5O/c1-16-5-2-6-17(8-7-16)10-4-3-9(13)11-12(10)15-18-14-11/h3-4H,2,5-8,13H2,1H3. The van der Waals surface area contributed by atoms with Crippen LogP contribution in [0.25, 0.3) is 11.0 Å². The van der Waals surface area contributed by atoms with Crippen molar-refractivity contribution in [2.24, 2.45) is 0 Å². The first-order valence-corrected chi connectivity index (χ1v) is 6.20. The highest BCUT2D eigenvalue weighted by molar-refractivity contribution is 5.95. The largest absolute Gasteiger partial charge is 0.397 e. The molecule has 1 aliphatic heterocycles. The molecule has 0 amide bonds. The number of likely N-dealkylation sites (N-methyl/N-ethyl adjacent to an activating group) is 1. The smallest absolute Gasteiger partial charge is 0.160 e. The third kappa shape index (κ3) is 1.88. The van der Waals surface area contributed by atoms with E-state index in [0.29, 0.717) is 11.2 Å². The van der Waals surface area contributed by atoms with E-state index in [2.05, 4.69) is 27.2 Å². The number of fused-ring (bicyclic) bond motifs is 1. The molecule has 1 aromatic carbocycles. The molecule has 0 spiro atoms. The van der Waals surface area contributed by atoms with E-state index < -0.39 is 0 Å². The van der Waals surface area contributed by atoms with E-state index in [1.807, 2.05) is 12.1 Å². The number of benzene rings is 1. The van der Waals surface area contributed by atoms with Crippen LogP contribution in [-0.2, 0) is 0 Å². The molecule has 0 unspecified atom stereocenters. The van der Waals surface area contributed by atoms with Gasteiger partial charge in [-0.2, -0.15) is 0 Å². The summed E-state index contributed by atoms with van der Waals surface area (Å²) >= 11 is 0. The van der Waals surface area contributed by atoms with E-state index in [1.165, 1.54) is 0 Å². The second-order valence-corrected chi connectivity index (χ2v) is 4.78. The minimum atomic E-state index is 0.613. The summed E-state index contributed by atoms with van der Waals surface area (Å²) in [7, 11) is 2.15. The quantitative estimate of drug-likeness (QED) is 0.756. The van der Waals surface area contributed by atoms with E-state index in [1.54, 1.807) is 0 Å². The number of aromatic nitrogens is 2. The van der Waals surface area contributed by atoms with Gasteiger partial charge in [0, 0.05) is 19.6 Å². The number of hydrogen-bond donors (Lipinski definition) is 1. The van der Waals surface area contributed by atoms with Crippen molar-refractivity contribution in [2.75, 3.05) is 43.9 Å². The molecule has 1 saturated heterocycles. The lowest BCUT2D eigenvalue weighted by Gasteiger charge is -2.22. The number of nitrogens with zero attached hydrogens (tertiary/aromatic N) is 4. The van der Waals surface area contributed by atoms with E-state index in [4.69, 9.17) is 10.4 Å². The molecule has 0 aliphatic carbocycles. The average molecular weight is 247 g/mol. The third-order valence-electron chi connectivity index (χ3n) is 3.49. The number of rotatable bonds is 1. The first-order chi connectivity index (χ1) is 8.75. The topological polar surface area (TPSA) is 71.4 Å². The lowest BCUT2D eigenvalue weighted by molar-refractivity contribution is 0.315. The Morgan fingerprint density at radius 3 is 2.83 bits per heavy atom. The first kappa shape index (κ1) is 11.3. The normalized spacial score (nSPS) is 18.2. The fourth-order valence-corrected chi connectivity index (χ4v) is 2.42. The summed E-state index contributed by atoms with van der Waals surface area (Å²) in [6.07, 6.45) is 1.15. The molecule has 96 valence electrons. The van der Waals surface area contributed by atoms with E-state index in [0.717, 1.165) is 43.8 Å². The third-order valence-corrected chi connectivity index (χ3v) is 3.49. The van der Waals surface area contributed by atoms with Crippen LogP contribution in [0.4, 0.5) is 11.4 Å². The monoisotopic (exact) mass is 247 g/mol. The zero-order valence-corrected chi connectivity index (χ0v) is 10.5. The van der Waals surface area contributed by atoms with Crippen molar-refractivity contribution in [3.05, 3.63) is 12.1 Å². The van der Waals surface area contributed by atoms with Crippen molar-refractivity contribution in [1.82, 2.24) is 15.2 Å². The molecule has 1 fully saturated rings. The molecule has 1 aromatic heterocycles. The van der Waals surface area contributed by atoms with Crippen LogP contribution in [0.2, 0.25) is 0 Å². The number of nitrogens with two attached hydrogens (primary N) is 1. The number of anilines is 2. The molecule has 2 heterocycles. The molecular formula is C12H17N5O. The Bertz CT molecular complexity index is 552. The van der Waals surface area contributed by atoms with Crippen LogP contribution in [-0.4, -0.2) is 48.4 Å². The second-order valence-electron chi connectivity index (χ2n) is 4.78. The van der Waals surface area contributed by atoms with Crippen molar-refractivity contribution in [3.63, 3.8) is 0 Å². The van der Waals surface area contributed by atoms with Crippen LogP contribution in [0.15, 0.2) is 16.8 Å². The Hall–Kier alpha value is -1.82. The Kier molecular flexibility index (Phi) is 2.79. The predicted octanol–water partition coefficient (Wildman–Crippen LogP) is 0.947. The highest BCUT2D eigenvalue weighted by Gasteiger charge is 2.18. The van der Waals surface area contributed by atoms with Gasteiger partial charge in [0.05, 0.1) is 11.4 Å². The zero-order chi connectivity index (χ0) is 12.5. The second kappa shape index (κ2) is 4.45. The van der Waals surface area contributed by atoms with Crippen LogP contribution in [0, 0.1) is 0 Å². The molecule has 0 atom stereocenters. The Balaban J connectivity index is 1.98. The Labute approximate surface area is 105 Å². The van der Waals surface area contributed by atoms with Gasteiger partial charge in [0.15, 0.2) is 11.0 Å². The molecule has 6 heteroatoms. The molecule has 2 N–H and O–H groups in total. The SMILES string of the molecule is CN1CCCN(c2ccc(N)c3nonc23)CC1. The maximum Gasteiger partial charge on any atom is 0.160 e. The van der Waals surface area contributed by atoms with Gasteiger partial charge in [0.2, 0.25) is 0 Å². The summed E-state index contributed by atoms with van der Waals surface area (Å²) in [5.41, 5.74) is 8.96. The summed E-state index contributed by atoms with van der Waals surface area (Å²) in [4.78, 5) is 4.67. The van der Waals surface area contributed by atoms with Gasteiger partial charge in [-0.25, -0.2) is 4.63 Å². The summed E-state index contributed by atoms with van der Waals surface area (Å²) in [5, 5.41) is 7.85. The van der Waals surface area contributed by atoms with Crippen LogP contribution < -0.4 is 10.6 Å². The molecule has 0 radical (unpaired) electrons. The van der Waals surface area contributed by atoms with Crippen LogP contribution in [0.1, 0.15) is 6.42 Å². The lowest BCUT2D eigenvalue weighted by Crippen LogP contribution is -2.28. The van der Waals surface area contributed by atoms with Gasteiger partial charge in [-0.15, -0.1) is 0 Å². The average Bonchev–Trinajstić information content (AvgIpc) is 2.75. The maximum atomic E-state index is 5.86. The first-order valence-electron chi connectivity index (χ1n) is 6.20. The molecule has 18 heavy (non-hydrogen) atoms. The summed E-state index contributed by atoms with van der Waals surface area (Å²) in [6.45, 7) is 4.20. The van der Waals surface area contributed by atoms with E-state index >= 15 is 0 Å². The van der Waals surface area contributed by atoms with Gasteiger partial charge in [-0.3, -0.25) is 0 Å². The van der Waals surface area contributed by atoms with Crippen LogP contribution >= 0.6 is 0 Å². The van der Waals surface area contributed by atoms with Crippen LogP contribution in [0.3, 0.4) is 0 Å². The predicted molar refractivity (Wildman–Crippen MR) is 70.5 cm³/mol. The molecule has 0 bridgehead atoms. The van der Waals surface area contributed by atoms with Gasteiger partial charge in [0.1, 0.15) is 0 Å².